The van der Waals surface area contributed by atoms with Gasteiger partial charge in [-0.2, -0.15) is 0 Å². The van der Waals surface area contributed by atoms with Gasteiger partial charge >= 0.3 is 0 Å². The minimum Gasteiger partial charge on any atom is -0.492 e. The highest BCUT2D eigenvalue weighted by molar-refractivity contribution is 5.21. The van der Waals surface area contributed by atoms with E-state index in [0.717, 1.165) is 11.4 Å². The molecule has 0 radical (unpaired) electrons. The van der Waals surface area contributed by atoms with Gasteiger partial charge in [0.25, 0.3) is 0 Å². The SMILES string of the molecule is CNC(C)c1ccc(OCCCO)cn1. The molecule has 0 aliphatic carbocycles. The van der Waals surface area contributed by atoms with E-state index < -0.39 is 0 Å². The number of aliphatic hydroxyl groups is 1. The van der Waals surface area contributed by atoms with Gasteiger partial charge in [-0.1, -0.05) is 0 Å². The summed E-state index contributed by atoms with van der Waals surface area (Å²) in [5.41, 5.74) is 0.993. The summed E-state index contributed by atoms with van der Waals surface area (Å²) in [7, 11) is 1.90. The first-order valence-electron chi connectivity index (χ1n) is 5.14. The van der Waals surface area contributed by atoms with E-state index in [4.69, 9.17) is 9.84 Å². The van der Waals surface area contributed by atoms with E-state index in [1.165, 1.54) is 0 Å². The van der Waals surface area contributed by atoms with Crippen LogP contribution in [-0.4, -0.2) is 30.4 Å². The molecular weight excluding hydrogens is 192 g/mol. The lowest BCUT2D eigenvalue weighted by atomic mass is 10.2. The normalized spacial score (nSPS) is 12.5. The molecule has 1 rings (SSSR count). The maximum atomic E-state index is 8.59. The van der Waals surface area contributed by atoms with Gasteiger partial charge in [0, 0.05) is 19.1 Å². The van der Waals surface area contributed by atoms with Crippen LogP contribution in [0.2, 0.25) is 0 Å². The summed E-state index contributed by atoms with van der Waals surface area (Å²) in [6, 6.07) is 4.08. The molecule has 1 heterocycles. The lowest BCUT2D eigenvalue weighted by Crippen LogP contribution is -2.13. The zero-order chi connectivity index (χ0) is 11.1. The molecule has 0 saturated carbocycles. The standard InChI is InChI=1S/C11H18N2O2/c1-9(12-2)11-5-4-10(8-13-11)15-7-3-6-14/h4-5,8-9,12,14H,3,6-7H2,1-2H3. The molecule has 2 N–H and O–H groups in total. The van der Waals surface area contributed by atoms with Crippen LogP contribution in [0.3, 0.4) is 0 Å². The second-order valence-corrected chi connectivity index (χ2v) is 3.35. The highest BCUT2D eigenvalue weighted by atomic mass is 16.5. The Kier molecular flexibility index (Phi) is 5.07. The van der Waals surface area contributed by atoms with Gasteiger partial charge in [0.1, 0.15) is 5.75 Å². The van der Waals surface area contributed by atoms with Crippen LogP contribution in [0.5, 0.6) is 5.75 Å². The lowest BCUT2D eigenvalue weighted by Gasteiger charge is -2.10. The molecule has 1 aromatic heterocycles. The first-order valence-corrected chi connectivity index (χ1v) is 5.14. The van der Waals surface area contributed by atoms with E-state index in [1.54, 1.807) is 6.20 Å². The van der Waals surface area contributed by atoms with Gasteiger partial charge < -0.3 is 15.2 Å². The first-order chi connectivity index (χ1) is 7.27. The van der Waals surface area contributed by atoms with Crippen molar-refractivity contribution in [3.05, 3.63) is 24.0 Å². The van der Waals surface area contributed by atoms with E-state index in [2.05, 4.69) is 17.2 Å². The van der Waals surface area contributed by atoms with Crippen molar-refractivity contribution in [2.45, 2.75) is 19.4 Å². The fourth-order valence-electron chi connectivity index (χ4n) is 1.14. The number of hydrogen-bond acceptors (Lipinski definition) is 4. The molecule has 0 saturated heterocycles. The monoisotopic (exact) mass is 210 g/mol. The summed E-state index contributed by atoms with van der Waals surface area (Å²) in [5.74, 6) is 0.746. The van der Waals surface area contributed by atoms with Crippen LogP contribution in [0.1, 0.15) is 25.1 Å². The third-order valence-electron chi connectivity index (χ3n) is 2.21. The highest BCUT2D eigenvalue weighted by Gasteiger charge is 2.03. The Hall–Kier alpha value is -1.13. The van der Waals surface area contributed by atoms with Crippen molar-refractivity contribution < 1.29 is 9.84 Å². The van der Waals surface area contributed by atoms with Crippen LogP contribution < -0.4 is 10.1 Å². The Bertz CT molecular complexity index is 274. The number of nitrogens with zero attached hydrogens (tertiary/aromatic N) is 1. The Morgan fingerprint density at radius 1 is 1.53 bits per heavy atom. The van der Waals surface area contributed by atoms with Crippen molar-refractivity contribution in [3.63, 3.8) is 0 Å². The minimum atomic E-state index is 0.155. The third-order valence-corrected chi connectivity index (χ3v) is 2.21. The van der Waals surface area contributed by atoms with Gasteiger partial charge in [0.2, 0.25) is 0 Å². The van der Waals surface area contributed by atoms with Crippen molar-refractivity contribution in [3.8, 4) is 5.75 Å². The molecule has 0 fully saturated rings. The predicted octanol–water partition coefficient (Wildman–Crippen LogP) is 1.12. The molecular formula is C11H18N2O2. The fourth-order valence-corrected chi connectivity index (χ4v) is 1.14. The summed E-state index contributed by atoms with van der Waals surface area (Å²) in [6.45, 7) is 2.73. The molecule has 15 heavy (non-hydrogen) atoms. The molecule has 1 aromatic rings. The van der Waals surface area contributed by atoms with E-state index >= 15 is 0 Å². The Balaban J connectivity index is 2.49. The van der Waals surface area contributed by atoms with Gasteiger partial charge in [-0.3, -0.25) is 4.98 Å². The van der Waals surface area contributed by atoms with Crippen LogP contribution >= 0.6 is 0 Å². The van der Waals surface area contributed by atoms with Gasteiger partial charge in [-0.15, -0.1) is 0 Å². The van der Waals surface area contributed by atoms with Crippen LogP contribution in [0.25, 0.3) is 0 Å². The van der Waals surface area contributed by atoms with E-state index in [-0.39, 0.29) is 12.6 Å². The van der Waals surface area contributed by atoms with Crippen molar-refractivity contribution in [1.29, 1.82) is 0 Å². The largest absolute Gasteiger partial charge is 0.492 e. The topological polar surface area (TPSA) is 54.4 Å². The first kappa shape index (κ1) is 11.9. The van der Waals surface area contributed by atoms with Crippen LogP contribution in [0.15, 0.2) is 18.3 Å². The number of hydrogen-bond donors (Lipinski definition) is 2. The molecule has 0 bridgehead atoms. The van der Waals surface area contributed by atoms with Gasteiger partial charge in [0.05, 0.1) is 18.5 Å². The fraction of sp³-hybridized carbons (Fsp3) is 0.545. The quantitative estimate of drug-likeness (QED) is 0.691. The van der Waals surface area contributed by atoms with Crippen LogP contribution in [0, 0.1) is 0 Å². The molecule has 0 spiro atoms. The number of nitrogens with one attached hydrogen (secondary N) is 1. The molecule has 0 aliphatic rings. The Morgan fingerprint density at radius 2 is 2.33 bits per heavy atom. The second-order valence-electron chi connectivity index (χ2n) is 3.35. The molecule has 1 atom stereocenters. The molecule has 84 valence electrons. The number of rotatable bonds is 6. The van der Waals surface area contributed by atoms with Crippen LogP contribution in [0.4, 0.5) is 0 Å². The van der Waals surface area contributed by atoms with Gasteiger partial charge in [0.15, 0.2) is 0 Å². The molecule has 4 heteroatoms. The summed E-state index contributed by atoms with van der Waals surface area (Å²) in [5, 5.41) is 11.7. The maximum Gasteiger partial charge on any atom is 0.137 e. The Labute approximate surface area is 90.3 Å². The van der Waals surface area contributed by atoms with Crippen molar-refractivity contribution in [2.24, 2.45) is 0 Å². The number of pyridine rings is 1. The minimum absolute atomic E-state index is 0.155. The van der Waals surface area contributed by atoms with Crippen molar-refractivity contribution in [2.75, 3.05) is 20.3 Å². The maximum absolute atomic E-state index is 8.59. The number of aromatic nitrogens is 1. The smallest absolute Gasteiger partial charge is 0.137 e. The summed E-state index contributed by atoms with van der Waals surface area (Å²) in [6.07, 6.45) is 2.36. The molecule has 4 nitrogen and oxygen atoms in total. The van der Waals surface area contributed by atoms with E-state index in [0.29, 0.717) is 13.0 Å². The number of ether oxygens (including phenoxy) is 1. The van der Waals surface area contributed by atoms with Gasteiger partial charge in [-0.25, -0.2) is 0 Å². The molecule has 0 amide bonds. The van der Waals surface area contributed by atoms with Crippen molar-refractivity contribution >= 4 is 0 Å². The van der Waals surface area contributed by atoms with E-state index in [1.807, 2.05) is 19.2 Å². The van der Waals surface area contributed by atoms with Crippen LogP contribution in [-0.2, 0) is 0 Å². The molecule has 0 aromatic carbocycles. The van der Waals surface area contributed by atoms with Gasteiger partial charge in [-0.05, 0) is 26.1 Å². The third kappa shape index (κ3) is 3.85. The van der Waals surface area contributed by atoms with E-state index in [9.17, 15) is 0 Å². The summed E-state index contributed by atoms with van der Waals surface area (Å²) >= 11 is 0. The average molecular weight is 210 g/mol. The molecule has 1 unspecified atom stereocenters. The van der Waals surface area contributed by atoms with Crippen molar-refractivity contribution in [1.82, 2.24) is 10.3 Å². The average Bonchev–Trinajstić information content (AvgIpc) is 2.29. The number of aliphatic hydroxyl groups excluding tert-OH is 1. The zero-order valence-corrected chi connectivity index (χ0v) is 9.23. The Morgan fingerprint density at radius 3 is 2.87 bits per heavy atom. The molecule has 0 aliphatic heterocycles. The summed E-state index contributed by atoms with van der Waals surface area (Å²) in [4.78, 5) is 4.28. The zero-order valence-electron chi connectivity index (χ0n) is 9.23. The summed E-state index contributed by atoms with van der Waals surface area (Å²) < 4.78 is 5.37. The second kappa shape index (κ2) is 6.37. The lowest BCUT2D eigenvalue weighted by molar-refractivity contribution is 0.233. The predicted molar refractivity (Wildman–Crippen MR) is 58.9 cm³/mol. The highest BCUT2D eigenvalue weighted by Crippen LogP contribution is 2.13.